The highest BCUT2D eigenvalue weighted by Crippen LogP contribution is 2.36. The predicted octanol–water partition coefficient (Wildman–Crippen LogP) is 2.36. The minimum Gasteiger partial charge on any atom is -0.493 e. The van der Waals surface area contributed by atoms with Crippen LogP contribution in [0.15, 0.2) is 34.9 Å². The van der Waals surface area contributed by atoms with Crippen LogP contribution in [-0.2, 0) is 0 Å². The summed E-state index contributed by atoms with van der Waals surface area (Å²) in [6.07, 6.45) is 2.24. The third-order valence-corrected chi connectivity index (χ3v) is 5.09. The number of nitrogens with zero attached hydrogens (tertiary/aromatic N) is 1. The smallest absolute Gasteiger partial charge is 0.291 e. The molecule has 8 nitrogen and oxygen atoms in total. The van der Waals surface area contributed by atoms with E-state index in [2.05, 4.69) is 12.2 Å². The normalized spacial score (nSPS) is 18.8. The molecule has 1 aliphatic rings. The highest BCUT2D eigenvalue weighted by atomic mass is 16.5. The Bertz CT molecular complexity index is 865. The monoisotopic (exact) mass is 387 g/mol. The first kappa shape index (κ1) is 19.8. The van der Waals surface area contributed by atoms with Crippen molar-refractivity contribution in [3.05, 3.63) is 41.9 Å². The van der Waals surface area contributed by atoms with Gasteiger partial charge in [-0.15, -0.1) is 0 Å². The molecular formula is C20H25N3O5. The predicted molar refractivity (Wildman–Crippen MR) is 104 cm³/mol. The summed E-state index contributed by atoms with van der Waals surface area (Å²) >= 11 is 0. The number of likely N-dealkylation sites (tertiary alicyclic amines) is 1. The lowest BCUT2D eigenvalue weighted by molar-refractivity contribution is 0.0777. The molecule has 2 heterocycles. The minimum absolute atomic E-state index is 0.107. The number of methoxy groups -OCH3 is 2. The van der Waals surface area contributed by atoms with Gasteiger partial charge < -0.3 is 29.8 Å². The number of anilines is 1. The van der Waals surface area contributed by atoms with Gasteiger partial charge in [0.1, 0.15) is 0 Å². The first-order chi connectivity index (χ1) is 13.4. The highest BCUT2D eigenvalue weighted by Gasteiger charge is 2.36. The number of carbonyl (C=O) groups excluding carboxylic acids is 2. The summed E-state index contributed by atoms with van der Waals surface area (Å²) in [6, 6.07) is 6.32. The van der Waals surface area contributed by atoms with Crippen LogP contribution in [0.1, 0.15) is 34.3 Å². The van der Waals surface area contributed by atoms with Crippen LogP contribution in [0.3, 0.4) is 0 Å². The van der Waals surface area contributed by atoms with E-state index in [1.54, 1.807) is 29.2 Å². The van der Waals surface area contributed by atoms with Gasteiger partial charge in [0.2, 0.25) is 0 Å². The molecule has 1 aliphatic heterocycles. The van der Waals surface area contributed by atoms with Crippen molar-refractivity contribution < 1.29 is 23.5 Å². The summed E-state index contributed by atoms with van der Waals surface area (Å²) in [4.78, 5) is 27.4. The minimum atomic E-state index is -0.459. The summed E-state index contributed by atoms with van der Waals surface area (Å²) in [6.45, 7) is 3.73. The average molecular weight is 387 g/mol. The fraction of sp³-hybridized carbons (Fsp3) is 0.400. The number of amides is 2. The Morgan fingerprint density at radius 1 is 1.29 bits per heavy atom. The van der Waals surface area contributed by atoms with Crippen LogP contribution in [0, 0.1) is 5.41 Å². The SMILES string of the molecule is COc1cc(NC(=O)c2ccco2)c(C(=O)N2CCC(C)(CN)C2)cc1OC. The van der Waals surface area contributed by atoms with Gasteiger partial charge in [-0.3, -0.25) is 9.59 Å². The molecule has 0 bridgehead atoms. The molecule has 0 saturated carbocycles. The molecule has 1 saturated heterocycles. The van der Waals surface area contributed by atoms with Crippen LogP contribution in [0.5, 0.6) is 11.5 Å². The maximum absolute atomic E-state index is 13.2. The average Bonchev–Trinajstić information content (AvgIpc) is 3.37. The molecule has 0 radical (unpaired) electrons. The van der Waals surface area contributed by atoms with Crippen LogP contribution in [0.4, 0.5) is 5.69 Å². The zero-order valence-electron chi connectivity index (χ0n) is 16.3. The van der Waals surface area contributed by atoms with E-state index in [0.29, 0.717) is 42.4 Å². The second-order valence-electron chi connectivity index (χ2n) is 7.18. The molecule has 3 rings (SSSR count). The topological polar surface area (TPSA) is 107 Å². The molecule has 150 valence electrons. The van der Waals surface area contributed by atoms with Crippen LogP contribution >= 0.6 is 0 Å². The van der Waals surface area contributed by atoms with Crippen LogP contribution < -0.4 is 20.5 Å². The molecule has 1 aromatic carbocycles. The Labute approximate surface area is 163 Å². The van der Waals surface area contributed by atoms with Crippen molar-refractivity contribution in [1.29, 1.82) is 0 Å². The number of rotatable bonds is 6. The largest absolute Gasteiger partial charge is 0.493 e. The van der Waals surface area contributed by atoms with Gasteiger partial charge in [0.15, 0.2) is 17.3 Å². The Morgan fingerprint density at radius 2 is 2.00 bits per heavy atom. The van der Waals surface area contributed by atoms with E-state index in [1.165, 1.54) is 20.5 Å². The van der Waals surface area contributed by atoms with Gasteiger partial charge in [0, 0.05) is 19.2 Å². The van der Waals surface area contributed by atoms with Crippen LogP contribution in [-0.4, -0.2) is 50.6 Å². The summed E-state index contributed by atoms with van der Waals surface area (Å²) in [5, 5.41) is 2.74. The summed E-state index contributed by atoms with van der Waals surface area (Å²) in [5.74, 6) is 0.294. The van der Waals surface area contributed by atoms with E-state index >= 15 is 0 Å². The highest BCUT2D eigenvalue weighted by molar-refractivity contribution is 6.08. The van der Waals surface area contributed by atoms with Gasteiger partial charge in [0.05, 0.1) is 31.7 Å². The molecule has 3 N–H and O–H groups in total. The van der Waals surface area contributed by atoms with Gasteiger partial charge >= 0.3 is 0 Å². The third-order valence-electron chi connectivity index (χ3n) is 5.09. The van der Waals surface area contributed by atoms with Gasteiger partial charge in [-0.05, 0) is 36.6 Å². The van der Waals surface area contributed by atoms with Crippen LogP contribution in [0.2, 0.25) is 0 Å². The van der Waals surface area contributed by atoms with Crippen molar-refractivity contribution in [3.8, 4) is 11.5 Å². The molecule has 28 heavy (non-hydrogen) atoms. The zero-order chi connectivity index (χ0) is 20.3. The standard InChI is InChI=1S/C20H25N3O5/c1-20(11-21)6-7-23(12-20)19(25)13-9-16(26-2)17(27-3)10-14(13)22-18(24)15-5-4-8-28-15/h4-5,8-10H,6-7,11-12,21H2,1-3H3,(H,22,24). The van der Waals surface area contributed by atoms with Crippen molar-refractivity contribution in [2.45, 2.75) is 13.3 Å². The number of furan rings is 1. The zero-order valence-corrected chi connectivity index (χ0v) is 16.3. The fourth-order valence-electron chi connectivity index (χ4n) is 3.29. The van der Waals surface area contributed by atoms with E-state index in [1.807, 2.05) is 0 Å². The maximum Gasteiger partial charge on any atom is 0.291 e. The molecule has 1 unspecified atom stereocenters. The van der Waals surface area contributed by atoms with Crippen molar-refractivity contribution in [1.82, 2.24) is 4.90 Å². The number of nitrogens with one attached hydrogen (secondary N) is 1. The Morgan fingerprint density at radius 3 is 2.57 bits per heavy atom. The number of benzene rings is 1. The summed E-state index contributed by atoms with van der Waals surface area (Å²) in [7, 11) is 2.99. The molecule has 2 aromatic rings. The van der Waals surface area contributed by atoms with E-state index in [4.69, 9.17) is 19.6 Å². The summed E-state index contributed by atoms with van der Waals surface area (Å²) < 4.78 is 15.8. The van der Waals surface area contributed by atoms with Gasteiger partial charge in [-0.25, -0.2) is 0 Å². The number of carbonyl (C=O) groups is 2. The van der Waals surface area contributed by atoms with E-state index < -0.39 is 5.91 Å². The van der Waals surface area contributed by atoms with Gasteiger partial charge in [0.25, 0.3) is 11.8 Å². The number of hydrogen-bond acceptors (Lipinski definition) is 6. The van der Waals surface area contributed by atoms with Crippen molar-refractivity contribution >= 4 is 17.5 Å². The number of ether oxygens (including phenoxy) is 2. The molecule has 0 aliphatic carbocycles. The first-order valence-corrected chi connectivity index (χ1v) is 9.01. The van der Waals surface area contributed by atoms with Crippen molar-refractivity contribution in [2.24, 2.45) is 11.1 Å². The van der Waals surface area contributed by atoms with E-state index in [0.717, 1.165) is 6.42 Å². The molecule has 1 fully saturated rings. The van der Waals surface area contributed by atoms with E-state index in [9.17, 15) is 9.59 Å². The summed E-state index contributed by atoms with van der Waals surface area (Å²) in [5.41, 5.74) is 6.40. The van der Waals surface area contributed by atoms with Crippen molar-refractivity contribution in [2.75, 3.05) is 39.2 Å². The Balaban J connectivity index is 1.96. The quantitative estimate of drug-likeness (QED) is 0.788. The second-order valence-corrected chi connectivity index (χ2v) is 7.18. The van der Waals surface area contributed by atoms with Crippen molar-refractivity contribution in [3.63, 3.8) is 0 Å². The molecule has 8 heteroatoms. The fourth-order valence-corrected chi connectivity index (χ4v) is 3.29. The number of nitrogens with two attached hydrogens (primary N) is 1. The lowest BCUT2D eigenvalue weighted by Gasteiger charge is -2.24. The number of hydrogen-bond donors (Lipinski definition) is 2. The maximum atomic E-state index is 13.2. The molecule has 0 spiro atoms. The lowest BCUT2D eigenvalue weighted by Crippen LogP contribution is -2.35. The van der Waals surface area contributed by atoms with Crippen LogP contribution in [0.25, 0.3) is 0 Å². The lowest BCUT2D eigenvalue weighted by atomic mass is 9.90. The first-order valence-electron chi connectivity index (χ1n) is 9.01. The third kappa shape index (κ3) is 3.82. The molecule has 2 amide bonds. The van der Waals surface area contributed by atoms with Gasteiger partial charge in [-0.1, -0.05) is 6.92 Å². The second kappa shape index (κ2) is 7.93. The Hall–Kier alpha value is -3.00. The van der Waals surface area contributed by atoms with E-state index in [-0.39, 0.29) is 17.1 Å². The molecular weight excluding hydrogens is 362 g/mol. The Kier molecular flexibility index (Phi) is 5.60. The molecule has 1 atom stereocenters. The van der Waals surface area contributed by atoms with Gasteiger partial charge in [-0.2, -0.15) is 0 Å². The molecule has 1 aromatic heterocycles.